The number of aromatic nitrogens is 2. The molecule has 0 bridgehead atoms. The molecule has 7 nitrogen and oxygen atoms in total. The van der Waals surface area contributed by atoms with Crippen LogP contribution in [0.15, 0.2) is 24.3 Å². The average Bonchev–Trinajstić information content (AvgIpc) is 2.76. The molecular weight excluding hydrogens is 298 g/mol. The number of aryl methyl sites for hydroxylation is 2. The molecule has 0 spiro atoms. The molecule has 2 aromatic rings. The number of amides is 1. The van der Waals surface area contributed by atoms with Crippen molar-refractivity contribution < 1.29 is 19.4 Å². The van der Waals surface area contributed by atoms with Gasteiger partial charge in [0.25, 0.3) is 5.91 Å². The van der Waals surface area contributed by atoms with Crippen LogP contribution in [0.2, 0.25) is 0 Å². The van der Waals surface area contributed by atoms with E-state index in [2.05, 4.69) is 10.4 Å². The molecule has 0 aliphatic carbocycles. The Kier molecular flexibility index (Phi) is 5.00. The fraction of sp³-hybridized carbons (Fsp3) is 0.312. The molecule has 7 heteroatoms. The van der Waals surface area contributed by atoms with E-state index in [1.165, 1.54) is 0 Å². The lowest BCUT2D eigenvalue weighted by molar-refractivity contribution is -0.139. The highest BCUT2D eigenvalue weighted by atomic mass is 16.5. The largest absolute Gasteiger partial charge is 0.482 e. The summed E-state index contributed by atoms with van der Waals surface area (Å²) < 4.78 is 6.79. The standard InChI is InChI=1S/C16H19N3O4/c1-10-15(11(2)19(3)18-10)16(22)17-8-12-5-4-6-13(7-12)23-9-14(20)21/h4-7H,8-9H2,1-3H3,(H,17,22)(H,20,21). The Labute approximate surface area is 133 Å². The molecule has 2 N–H and O–H groups in total. The van der Waals surface area contributed by atoms with Gasteiger partial charge in [0.1, 0.15) is 5.75 Å². The molecule has 1 aromatic carbocycles. The summed E-state index contributed by atoms with van der Waals surface area (Å²) in [7, 11) is 1.79. The van der Waals surface area contributed by atoms with Gasteiger partial charge in [-0.25, -0.2) is 4.79 Å². The first-order valence-electron chi connectivity index (χ1n) is 7.10. The highest BCUT2D eigenvalue weighted by Gasteiger charge is 2.16. The second-order valence-electron chi connectivity index (χ2n) is 5.18. The van der Waals surface area contributed by atoms with E-state index in [0.29, 0.717) is 23.6 Å². The van der Waals surface area contributed by atoms with Crippen molar-refractivity contribution in [1.82, 2.24) is 15.1 Å². The lowest BCUT2D eigenvalue weighted by atomic mass is 10.1. The zero-order valence-electron chi connectivity index (χ0n) is 13.3. The van der Waals surface area contributed by atoms with Gasteiger partial charge >= 0.3 is 5.97 Å². The first kappa shape index (κ1) is 16.5. The van der Waals surface area contributed by atoms with E-state index in [4.69, 9.17) is 9.84 Å². The van der Waals surface area contributed by atoms with Crippen LogP contribution >= 0.6 is 0 Å². The minimum atomic E-state index is -1.04. The van der Waals surface area contributed by atoms with E-state index in [1.54, 1.807) is 36.9 Å². The first-order chi connectivity index (χ1) is 10.9. The summed E-state index contributed by atoms with van der Waals surface area (Å²) in [5.74, 6) is -0.774. The van der Waals surface area contributed by atoms with Gasteiger partial charge in [-0.2, -0.15) is 5.10 Å². The number of hydrogen-bond acceptors (Lipinski definition) is 4. The van der Waals surface area contributed by atoms with Crippen molar-refractivity contribution in [3.8, 4) is 5.75 Å². The van der Waals surface area contributed by atoms with E-state index < -0.39 is 12.6 Å². The Morgan fingerprint density at radius 2 is 2.09 bits per heavy atom. The van der Waals surface area contributed by atoms with Crippen molar-refractivity contribution >= 4 is 11.9 Å². The molecule has 0 aliphatic heterocycles. The van der Waals surface area contributed by atoms with Crippen molar-refractivity contribution in [2.45, 2.75) is 20.4 Å². The molecule has 1 aromatic heterocycles. The molecule has 0 atom stereocenters. The molecule has 0 radical (unpaired) electrons. The molecule has 23 heavy (non-hydrogen) atoms. The molecule has 0 saturated carbocycles. The third-order valence-electron chi connectivity index (χ3n) is 3.45. The monoisotopic (exact) mass is 317 g/mol. The molecule has 0 aliphatic rings. The smallest absolute Gasteiger partial charge is 0.341 e. The molecule has 1 amide bonds. The minimum absolute atomic E-state index is 0.190. The van der Waals surface area contributed by atoms with E-state index in [9.17, 15) is 9.59 Å². The summed E-state index contributed by atoms with van der Waals surface area (Å²) in [6.45, 7) is 3.55. The van der Waals surface area contributed by atoms with Gasteiger partial charge in [0.2, 0.25) is 0 Å². The van der Waals surface area contributed by atoms with Crippen LogP contribution in [0.25, 0.3) is 0 Å². The fourth-order valence-corrected chi connectivity index (χ4v) is 2.26. The van der Waals surface area contributed by atoms with Crippen LogP contribution in [-0.4, -0.2) is 33.4 Å². The predicted molar refractivity (Wildman–Crippen MR) is 83.4 cm³/mol. The zero-order valence-corrected chi connectivity index (χ0v) is 13.3. The number of carbonyl (C=O) groups is 2. The van der Waals surface area contributed by atoms with Gasteiger partial charge in [0, 0.05) is 19.3 Å². The van der Waals surface area contributed by atoms with Crippen molar-refractivity contribution in [2.75, 3.05) is 6.61 Å². The summed E-state index contributed by atoms with van der Waals surface area (Å²) in [6.07, 6.45) is 0. The zero-order chi connectivity index (χ0) is 17.0. The second-order valence-corrected chi connectivity index (χ2v) is 5.18. The SMILES string of the molecule is Cc1nn(C)c(C)c1C(=O)NCc1cccc(OCC(=O)O)c1. The molecule has 2 rings (SSSR count). The lowest BCUT2D eigenvalue weighted by Gasteiger charge is -2.08. The number of nitrogens with one attached hydrogen (secondary N) is 1. The molecular formula is C16H19N3O4. The number of benzene rings is 1. The number of aliphatic carboxylic acids is 1. The molecule has 122 valence electrons. The molecule has 0 fully saturated rings. The van der Waals surface area contributed by atoms with Crippen molar-refractivity contribution in [1.29, 1.82) is 0 Å². The molecule has 0 unspecified atom stereocenters. The van der Waals surface area contributed by atoms with E-state index in [1.807, 2.05) is 13.0 Å². The van der Waals surface area contributed by atoms with E-state index in [0.717, 1.165) is 11.3 Å². The topological polar surface area (TPSA) is 93.5 Å². The summed E-state index contributed by atoms with van der Waals surface area (Å²) in [5, 5.41) is 15.7. The van der Waals surface area contributed by atoms with Crippen LogP contribution < -0.4 is 10.1 Å². The van der Waals surface area contributed by atoms with Crippen LogP contribution in [0.1, 0.15) is 27.3 Å². The fourth-order valence-electron chi connectivity index (χ4n) is 2.26. The summed E-state index contributed by atoms with van der Waals surface area (Å²) >= 11 is 0. The number of carbonyl (C=O) groups excluding carboxylic acids is 1. The van der Waals surface area contributed by atoms with Crippen molar-refractivity contribution in [3.63, 3.8) is 0 Å². The summed E-state index contributed by atoms with van der Waals surface area (Å²) in [6, 6.07) is 6.95. The lowest BCUT2D eigenvalue weighted by Crippen LogP contribution is -2.24. The quantitative estimate of drug-likeness (QED) is 0.840. The van der Waals surface area contributed by atoms with Crippen LogP contribution in [0, 0.1) is 13.8 Å². The van der Waals surface area contributed by atoms with Crippen LogP contribution in [-0.2, 0) is 18.4 Å². The number of hydrogen-bond donors (Lipinski definition) is 2. The first-order valence-corrected chi connectivity index (χ1v) is 7.10. The van der Waals surface area contributed by atoms with Crippen molar-refractivity contribution in [2.24, 2.45) is 7.05 Å². The number of rotatable bonds is 6. The van der Waals surface area contributed by atoms with E-state index >= 15 is 0 Å². The highest BCUT2D eigenvalue weighted by Crippen LogP contribution is 2.15. The van der Waals surface area contributed by atoms with Crippen LogP contribution in [0.5, 0.6) is 5.75 Å². The molecule has 0 saturated heterocycles. The average molecular weight is 317 g/mol. The number of nitrogens with zero attached hydrogens (tertiary/aromatic N) is 2. The maximum atomic E-state index is 12.3. The van der Waals surface area contributed by atoms with Gasteiger partial charge in [0.15, 0.2) is 6.61 Å². The Morgan fingerprint density at radius 1 is 1.35 bits per heavy atom. The van der Waals surface area contributed by atoms with Gasteiger partial charge in [-0.3, -0.25) is 9.48 Å². The van der Waals surface area contributed by atoms with E-state index in [-0.39, 0.29) is 5.91 Å². The number of carboxylic acids is 1. The number of ether oxygens (including phenoxy) is 1. The minimum Gasteiger partial charge on any atom is -0.482 e. The predicted octanol–water partition coefficient (Wildman–Crippen LogP) is 1.43. The number of carboxylic acid groups (broad SMARTS) is 1. The summed E-state index contributed by atoms with van der Waals surface area (Å²) in [5.41, 5.74) is 2.88. The van der Waals surface area contributed by atoms with Crippen LogP contribution in [0.4, 0.5) is 0 Å². The third-order valence-corrected chi connectivity index (χ3v) is 3.45. The maximum absolute atomic E-state index is 12.3. The normalized spacial score (nSPS) is 10.4. The summed E-state index contributed by atoms with van der Waals surface area (Å²) in [4.78, 5) is 22.8. The van der Waals surface area contributed by atoms with Crippen molar-refractivity contribution in [3.05, 3.63) is 46.8 Å². The Bertz CT molecular complexity index is 737. The van der Waals surface area contributed by atoms with Crippen LogP contribution in [0.3, 0.4) is 0 Å². The molecule has 1 heterocycles. The van der Waals surface area contributed by atoms with Gasteiger partial charge in [-0.15, -0.1) is 0 Å². The highest BCUT2D eigenvalue weighted by molar-refractivity contribution is 5.96. The maximum Gasteiger partial charge on any atom is 0.341 e. The van der Waals surface area contributed by atoms with Gasteiger partial charge < -0.3 is 15.2 Å². The Balaban J connectivity index is 2.01. The van der Waals surface area contributed by atoms with Gasteiger partial charge in [0.05, 0.1) is 11.3 Å². The Morgan fingerprint density at radius 3 is 2.70 bits per heavy atom. The Hall–Kier alpha value is -2.83. The van der Waals surface area contributed by atoms with Gasteiger partial charge in [-0.05, 0) is 31.5 Å². The second kappa shape index (κ2) is 6.95. The van der Waals surface area contributed by atoms with Gasteiger partial charge in [-0.1, -0.05) is 12.1 Å². The third kappa shape index (κ3) is 4.09.